The van der Waals surface area contributed by atoms with Gasteiger partial charge in [-0.05, 0) is 46.6 Å². The van der Waals surface area contributed by atoms with Crippen LogP contribution in [0.2, 0.25) is 0 Å². The van der Waals surface area contributed by atoms with Gasteiger partial charge in [0.1, 0.15) is 5.75 Å². The maximum Gasteiger partial charge on any atom is 0.258 e. The van der Waals surface area contributed by atoms with Gasteiger partial charge in [-0.2, -0.15) is 5.26 Å². The first-order valence-corrected chi connectivity index (χ1v) is 8.75. The minimum atomic E-state index is -0.264. The summed E-state index contributed by atoms with van der Waals surface area (Å²) in [6.07, 6.45) is 0. The van der Waals surface area contributed by atoms with Crippen LogP contribution in [-0.2, 0) is 11.3 Å². The van der Waals surface area contributed by atoms with Gasteiger partial charge in [-0.1, -0.05) is 12.1 Å². The molecule has 136 valence electrons. The number of amides is 1. The highest BCUT2D eigenvalue weighted by atomic mass is 79.9. The summed E-state index contributed by atoms with van der Waals surface area (Å²) in [5.74, 6) is 1.31. The van der Waals surface area contributed by atoms with E-state index in [0.717, 1.165) is 11.3 Å². The number of hydrogen-bond acceptors (Lipinski definition) is 5. The Kier molecular flexibility index (Phi) is 7.30. The molecule has 26 heavy (non-hydrogen) atoms. The zero-order chi connectivity index (χ0) is 18.9. The van der Waals surface area contributed by atoms with Crippen LogP contribution in [0, 0.1) is 11.3 Å². The van der Waals surface area contributed by atoms with Crippen LogP contribution in [-0.4, -0.2) is 26.2 Å². The van der Waals surface area contributed by atoms with Crippen LogP contribution in [0.3, 0.4) is 0 Å². The van der Waals surface area contributed by atoms with Crippen molar-refractivity contribution in [3.8, 4) is 23.3 Å². The van der Waals surface area contributed by atoms with Gasteiger partial charge in [0.2, 0.25) is 0 Å². The van der Waals surface area contributed by atoms with Gasteiger partial charge < -0.3 is 19.5 Å². The summed E-state index contributed by atoms with van der Waals surface area (Å²) >= 11 is 3.35. The Hall–Kier alpha value is -2.72. The van der Waals surface area contributed by atoms with Gasteiger partial charge in [0.25, 0.3) is 5.91 Å². The summed E-state index contributed by atoms with van der Waals surface area (Å²) < 4.78 is 16.7. The molecule has 1 N–H and O–H groups in total. The van der Waals surface area contributed by atoms with Gasteiger partial charge >= 0.3 is 0 Å². The zero-order valence-electron chi connectivity index (χ0n) is 14.5. The molecule has 0 saturated heterocycles. The van der Waals surface area contributed by atoms with E-state index >= 15 is 0 Å². The molecule has 0 aliphatic rings. The number of carbonyl (C=O) groups excluding carboxylic acids is 1. The molecule has 2 rings (SSSR count). The van der Waals surface area contributed by atoms with E-state index in [0.29, 0.717) is 34.7 Å². The third-order valence-corrected chi connectivity index (χ3v) is 4.02. The molecule has 0 aromatic heterocycles. The second-order valence-corrected chi connectivity index (χ2v) is 6.10. The molecular formula is C19H19BrN2O4. The summed E-state index contributed by atoms with van der Waals surface area (Å²) in [7, 11) is 1.60. The number of nitrogens with zero attached hydrogens (tertiary/aromatic N) is 1. The summed E-state index contributed by atoms with van der Waals surface area (Å²) in [6, 6.07) is 12.7. The fraction of sp³-hybridized carbons (Fsp3) is 0.263. The van der Waals surface area contributed by atoms with Crippen LogP contribution in [0.15, 0.2) is 40.9 Å². The fourth-order valence-corrected chi connectivity index (χ4v) is 2.72. The first-order chi connectivity index (χ1) is 12.6. The molecule has 0 aliphatic heterocycles. The first-order valence-electron chi connectivity index (χ1n) is 7.96. The molecule has 0 spiro atoms. The topological polar surface area (TPSA) is 80.6 Å². The van der Waals surface area contributed by atoms with E-state index in [2.05, 4.69) is 27.3 Å². The summed E-state index contributed by atoms with van der Waals surface area (Å²) in [6.45, 7) is 2.47. The van der Waals surface area contributed by atoms with Gasteiger partial charge in [-0.15, -0.1) is 0 Å². The van der Waals surface area contributed by atoms with Crippen molar-refractivity contribution in [1.29, 1.82) is 5.26 Å². The van der Waals surface area contributed by atoms with Gasteiger partial charge in [-0.3, -0.25) is 4.79 Å². The van der Waals surface area contributed by atoms with Crippen molar-refractivity contribution in [2.45, 2.75) is 13.5 Å². The molecule has 0 aliphatic carbocycles. The minimum Gasteiger partial charge on any atom is -0.497 e. The van der Waals surface area contributed by atoms with Crippen molar-refractivity contribution in [2.24, 2.45) is 0 Å². The SMILES string of the molecule is CCOc1cc(C#N)cc(Br)c1OCC(=O)NCc1ccc(OC)cc1. The number of methoxy groups -OCH3 is 1. The van der Waals surface area contributed by atoms with Crippen molar-refractivity contribution in [3.05, 3.63) is 52.0 Å². The number of ether oxygens (including phenoxy) is 3. The van der Waals surface area contributed by atoms with Gasteiger partial charge in [0.15, 0.2) is 18.1 Å². The summed E-state index contributed by atoms with van der Waals surface area (Å²) in [4.78, 5) is 12.0. The second kappa shape index (κ2) is 9.68. The van der Waals surface area contributed by atoms with Gasteiger partial charge in [-0.25, -0.2) is 0 Å². The maximum atomic E-state index is 12.0. The van der Waals surface area contributed by atoms with Crippen molar-refractivity contribution >= 4 is 21.8 Å². The molecule has 0 saturated carbocycles. The summed E-state index contributed by atoms with van der Waals surface area (Å²) in [5.41, 5.74) is 1.39. The predicted octanol–water partition coefficient (Wildman–Crippen LogP) is 3.42. The average Bonchev–Trinajstić information content (AvgIpc) is 2.66. The van der Waals surface area contributed by atoms with Crippen LogP contribution < -0.4 is 19.5 Å². The number of hydrogen-bond donors (Lipinski definition) is 1. The van der Waals surface area contributed by atoms with E-state index in [-0.39, 0.29) is 12.5 Å². The molecule has 1 amide bonds. The van der Waals surface area contributed by atoms with Gasteiger partial charge in [0.05, 0.1) is 29.8 Å². The highest BCUT2D eigenvalue weighted by molar-refractivity contribution is 9.10. The Morgan fingerprint density at radius 2 is 1.96 bits per heavy atom. The molecular weight excluding hydrogens is 400 g/mol. The van der Waals surface area contributed by atoms with Crippen LogP contribution >= 0.6 is 15.9 Å². The molecule has 6 nitrogen and oxygen atoms in total. The van der Waals surface area contributed by atoms with Gasteiger partial charge in [0, 0.05) is 12.6 Å². The highest BCUT2D eigenvalue weighted by Crippen LogP contribution is 2.36. The van der Waals surface area contributed by atoms with Crippen LogP contribution in [0.1, 0.15) is 18.1 Å². The molecule has 0 radical (unpaired) electrons. The number of nitriles is 1. The average molecular weight is 419 g/mol. The maximum absolute atomic E-state index is 12.0. The van der Waals surface area contributed by atoms with E-state index in [1.54, 1.807) is 19.2 Å². The molecule has 0 bridgehead atoms. The molecule has 0 heterocycles. The minimum absolute atomic E-state index is 0.166. The van der Waals surface area contributed by atoms with Crippen molar-refractivity contribution in [1.82, 2.24) is 5.32 Å². The lowest BCUT2D eigenvalue weighted by Gasteiger charge is -2.14. The third kappa shape index (κ3) is 5.39. The lowest BCUT2D eigenvalue weighted by molar-refractivity contribution is -0.123. The van der Waals surface area contributed by atoms with E-state index in [1.165, 1.54) is 0 Å². The molecule has 2 aromatic rings. The smallest absolute Gasteiger partial charge is 0.258 e. The molecule has 0 unspecified atom stereocenters. The van der Waals surface area contributed by atoms with E-state index < -0.39 is 0 Å². The van der Waals surface area contributed by atoms with Crippen LogP contribution in [0.5, 0.6) is 17.2 Å². The van der Waals surface area contributed by atoms with E-state index in [4.69, 9.17) is 19.5 Å². The highest BCUT2D eigenvalue weighted by Gasteiger charge is 2.14. The quantitative estimate of drug-likeness (QED) is 0.709. The zero-order valence-corrected chi connectivity index (χ0v) is 16.1. The number of carbonyl (C=O) groups is 1. The van der Waals surface area contributed by atoms with Crippen LogP contribution in [0.4, 0.5) is 0 Å². The second-order valence-electron chi connectivity index (χ2n) is 5.24. The van der Waals surface area contributed by atoms with Crippen molar-refractivity contribution < 1.29 is 19.0 Å². The molecule has 0 atom stereocenters. The monoisotopic (exact) mass is 418 g/mol. The molecule has 2 aromatic carbocycles. The van der Waals surface area contributed by atoms with Crippen molar-refractivity contribution in [3.63, 3.8) is 0 Å². The van der Waals surface area contributed by atoms with Crippen LogP contribution in [0.25, 0.3) is 0 Å². The Bertz CT molecular complexity index is 800. The first kappa shape index (κ1) is 19.6. The summed E-state index contributed by atoms with van der Waals surface area (Å²) in [5, 5.41) is 11.8. The van der Waals surface area contributed by atoms with E-state index in [9.17, 15) is 4.79 Å². The number of rotatable bonds is 8. The van der Waals surface area contributed by atoms with E-state index in [1.807, 2.05) is 31.2 Å². The Morgan fingerprint density at radius 3 is 2.58 bits per heavy atom. The number of halogens is 1. The fourth-order valence-electron chi connectivity index (χ4n) is 2.17. The third-order valence-electron chi connectivity index (χ3n) is 3.43. The van der Waals surface area contributed by atoms with Crippen molar-refractivity contribution in [2.75, 3.05) is 20.3 Å². The molecule has 7 heteroatoms. The normalized spacial score (nSPS) is 9.92. The predicted molar refractivity (Wildman–Crippen MR) is 100 cm³/mol. The molecule has 0 fully saturated rings. The Balaban J connectivity index is 1.95. The Labute approximate surface area is 160 Å². The largest absolute Gasteiger partial charge is 0.497 e. The lowest BCUT2D eigenvalue weighted by Crippen LogP contribution is -2.28. The Morgan fingerprint density at radius 1 is 1.23 bits per heavy atom. The lowest BCUT2D eigenvalue weighted by atomic mass is 10.2. The number of nitrogens with one attached hydrogen (secondary N) is 1. The number of benzene rings is 2. The standard InChI is InChI=1S/C19H19BrN2O4/c1-3-25-17-9-14(10-21)8-16(20)19(17)26-12-18(23)22-11-13-4-6-15(24-2)7-5-13/h4-9H,3,11-12H2,1-2H3,(H,22,23).